The van der Waals surface area contributed by atoms with Crippen LogP contribution in [0.1, 0.15) is 0 Å². The zero-order valence-corrected chi connectivity index (χ0v) is 4.97. The Balaban J connectivity index is 3.08. The van der Waals surface area contributed by atoms with Crippen LogP contribution in [0.15, 0.2) is 5.10 Å². The van der Waals surface area contributed by atoms with Crippen LogP contribution in [0, 0.1) is 0 Å². The van der Waals surface area contributed by atoms with E-state index in [1.807, 2.05) is 19.0 Å². The highest BCUT2D eigenvalue weighted by Gasteiger charge is 1.69. The minimum absolute atomic E-state index is 1.69. The molecule has 42 valence electrons. The van der Waals surface area contributed by atoms with E-state index in [-0.39, 0.29) is 0 Å². The Morgan fingerprint density at radius 3 is 2.29 bits per heavy atom. The third-order valence-corrected chi connectivity index (χ3v) is 0.418. The van der Waals surface area contributed by atoms with Crippen LogP contribution >= 0.6 is 0 Å². The Hall–Kier alpha value is -0.730. The Labute approximate surface area is 44.0 Å². The van der Waals surface area contributed by atoms with Gasteiger partial charge in [-0.1, -0.05) is 0 Å². The molecular formula is C4H11N3. The average molecular weight is 101 g/mol. The van der Waals surface area contributed by atoms with Crippen molar-refractivity contribution in [3.8, 4) is 0 Å². The zero-order valence-electron chi connectivity index (χ0n) is 4.97. The van der Waals surface area contributed by atoms with Crippen molar-refractivity contribution in [2.45, 2.75) is 0 Å². The highest BCUT2D eigenvalue weighted by Crippen LogP contribution is 1.59. The van der Waals surface area contributed by atoms with Crippen LogP contribution < -0.4 is 5.43 Å². The molecule has 0 amide bonds. The molecule has 0 aromatic rings. The molecule has 3 nitrogen and oxygen atoms in total. The van der Waals surface area contributed by atoms with Crippen LogP contribution in [-0.4, -0.2) is 32.4 Å². The largest absolute Gasteiger partial charge is 0.367 e. The SMILES string of the molecule is CN/N=C\N(C)C. The lowest BCUT2D eigenvalue weighted by Gasteiger charge is -1.99. The van der Waals surface area contributed by atoms with Gasteiger partial charge in [-0.3, -0.25) is 0 Å². The molecule has 0 atom stereocenters. The van der Waals surface area contributed by atoms with Gasteiger partial charge >= 0.3 is 0 Å². The fourth-order valence-electron chi connectivity index (χ4n) is 0.173. The summed E-state index contributed by atoms with van der Waals surface area (Å²) < 4.78 is 0. The van der Waals surface area contributed by atoms with Crippen molar-refractivity contribution in [3.05, 3.63) is 0 Å². The van der Waals surface area contributed by atoms with E-state index < -0.39 is 0 Å². The van der Waals surface area contributed by atoms with Crippen LogP contribution in [0.3, 0.4) is 0 Å². The smallest absolute Gasteiger partial charge is 0.110 e. The predicted molar refractivity (Wildman–Crippen MR) is 31.2 cm³/mol. The fourth-order valence-corrected chi connectivity index (χ4v) is 0.173. The molecule has 7 heavy (non-hydrogen) atoms. The van der Waals surface area contributed by atoms with Gasteiger partial charge < -0.3 is 10.3 Å². The van der Waals surface area contributed by atoms with Crippen LogP contribution in [0.2, 0.25) is 0 Å². The molecule has 0 bridgehead atoms. The maximum Gasteiger partial charge on any atom is 0.110 e. The van der Waals surface area contributed by atoms with Crippen LogP contribution in [0.4, 0.5) is 0 Å². The first kappa shape index (κ1) is 6.27. The minimum Gasteiger partial charge on any atom is -0.367 e. The van der Waals surface area contributed by atoms with Crippen molar-refractivity contribution in [1.82, 2.24) is 10.3 Å². The summed E-state index contributed by atoms with van der Waals surface area (Å²) in [5.74, 6) is 0. The number of hydrogen-bond donors (Lipinski definition) is 1. The van der Waals surface area contributed by atoms with Gasteiger partial charge in [0.15, 0.2) is 0 Å². The molecule has 0 fully saturated rings. The fraction of sp³-hybridized carbons (Fsp3) is 0.750. The van der Waals surface area contributed by atoms with Gasteiger partial charge in [0.25, 0.3) is 0 Å². The zero-order chi connectivity index (χ0) is 5.70. The van der Waals surface area contributed by atoms with E-state index in [4.69, 9.17) is 0 Å². The summed E-state index contributed by atoms with van der Waals surface area (Å²) in [7, 11) is 5.60. The second kappa shape index (κ2) is 3.46. The summed E-state index contributed by atoms with van der Waals surface area (Å²) in [6, 6.07) is 0. The van der Waals surface area contributed by atoms with Gasteiger partial charge in [-0.2, -0.15) is 5.10 Å². The molecule has 0 unspecified atom stereocenters. The Morgan fingerprint density at radius 2 is 2.14 bits per heavy atom. The van der Waals surface area contributed by atoms with Gasteiger partial charge in [-0.25, -0.2) is 0 Å². The summed E-state index contributed by atoms with van der Waals surface area (Å²) in [5, 5.41) is 3.72. The Morgan fingerprint density at radius 1 is 1.57 bits per heavy atom. The molecule has 0 aliphatic carbocycles. The van der Waals surface area contributed by atoms with Crippen molar-refractivity contribution in [3.63, 3.8) is 0 Å². The maximum absolute atomic E-state index is 3.72. The first-order valence-electron chi connectivity index (χ1n) is 2.13. The van der Waals surface area contributed by atoms with Gasteiger partial charge in [-0.05, 0) is 0 Å². The van der Waals surface area contributed by atoms with Gasteiger partial charge in [0, 0.05) is 21.1 Å². The molecule has 0 radical (unpaired) electrons. The molecule has 1 N–H and O–H groups in total. The number of hydrogen-bond acceptors (Lipinski definition) is 2. The molecule has 0 saturated heterocycles. The van der Waals surface area contributed by atoms with Crippen molar-refractivity contribution >= 4 is 6.34 Å². The summed E-state index contributed by atoms with van der Waals surface area (Å²) in [6.07, 6.45) is 1.69. The van der Waals surface area contributed by atoms with Gasteiger partial charge in [0.05, 0.1) is 0 Å². The predicted octanol–water partition coefficient (Wildman–Crippen LogP) is -0.289. The lowest BCUT2D eigenvalue weighted by atomic mass is 11.0. The monoisotopic (exact) mass is 101 g/mol. The first-order chi connectivity index (χ1) is 3.27. The lowest BCUT2D eigenvalue weighted by molar-refractivity contribution is 0.633. The summed E-state index contributed by atoms with van der Waals surface area (Å²) in [5.41, 5.74) is 2.63. The van der Waals surface area contributed by atoms with Gasteiger partial charge in [-0.15, -0.1) is 0 Å². The number of nitrogens with zero attached hydrogens (tertiary/aromatic N) is 2. The first-order valence-corrected chi connectivity index (χ1v) is 2.13. The van der Waals surface area contributed by atoms with E-state index in [1.165, 1.54) is 0 Å². The molecule has 3 heteroatoms. The second-order valence-electron chi connectivity index (χ2n) is 1.43. The van der Waals surface area contributed by atoms with Crippen molar-refractivity contribution in [2.24, 2.45) is 5.10 Å². The Kier molecular flexibility index (Phi) is 3.10. The molecule has 0 rings (SSSR count). The standard InChI is InChI=1S/C4H11N3/c1-5-6-4-7(2)3/h4-5H,1-3H3/b6-4-. The van der Waals surface area contributed by atoms with E-state index in [2.05, 4.69) is 10.5 Å². The molecule has 0 aromatic carbocycles. The second-order valence-corrected chi connectivity index (χ2v) is 1.43. The number of hydrazone groups is 1. The molecule has 0 aromatic heterocycles. The quantitative estimate of drug-likeness (QED) is 0.294. The van der Waals surface area contributed by atoms with E-state index in [1.54, 1.807) is 13.4 Å². The average Bonchev–Trinajstić information content (AvgIpc) is 1.61. The molecule has 0 aliphatic rings. The van der Waals surface area contributed by atoms with Gasteiger partial charge in [0.1, 0.15) is 6.34 Å². The van der Waals surface area contributed by atoms with Crippen LogP contribution in [0.25, 0.3) is 0 Å². The minimum atomic E-state index is 1.69. The van der Waals surface area contributed by atoms with Crippen molar-refractivity contribution in [1.29, 1.82) is 0 Å². The van der Waals surface area contributed by atoms with Crippen molar-refractivity contribution < 1.29 is 0 Å². The summed E-state index contributed by atoms with van der Waals surface area (Å²) in [4.78, 5) is 1.86. The molecule has 0 saturated carbocycles. The third kappa shape index (κ3) is 5.27. The number of nitrogens with one attached hydrogen (secondary N) is 1. The van der Waals surface area contributed by atoms with E-state index in [0.29, 0.717) is 0 Å². The van der Waals surface area contributed by atoms with E-state index >= 15 is 0 Å². The summed E-state index contributed by atoms with van der Waals surface area (Å²) >= 11 is 0. The topological polar surface area (TPSA) is 27.6 Å². The number of rotatable bonds is 2. The highest BCUT2D eigenvalue weighted by molar-refractivity contribution is 5.53. The lowest BCUT2D eigenvalue weighted by Crippen LogP contribution is -2.10. The van der Waals surface area contributed by atoms with Gasteiger partial charge in [0.2, 0.25) is 0 Å². The molecule has 0 spiro atoms. The summed E-state index contributed by atoms with van der Waals surface area (Å²) in [6.45, 7) is 0. The molecular weight excluding hydrogens is 90.1 g/mol. The highest BCUT2D eigenvalue weighted by atomic mass is 15.3. The molecule has 0 aliphatic heterocycles. The van der Waals surface area contributed by atoms with Crippen LogP contribution in [0.5, 0.6) is 0 Å². The van der Waals surface area contributed by atoms with Crippen LogP contribution in [-0.2, 0) is 0 Å². The maximum atomic E-state index is 3.72. The Bertz CT molecular complexity index is 58.0. The van der Waals surface area contributed by atoms with E-state index in [0.717, 1.165) is 0 Å². The van der Waals surface area contributed by atoms with E-state index in [9.17, 15) is 0 Å². The molecule has 0 heterocycles. The third-order valence-electron chi connectivity index (χ3n) is 0.418. The normalized spacial score (nSPS) is 9.57. The van der Waals surface area contributed by atoms with Crippen molar-refractivity contribution in [2.75, 3.05) is 21.1 Å².